The molecule has 1 atom stereocenters. The zero-order valence-electron chi connectivity index (χ0n) is 17.0. The Morgan fingerprint density at radius 3 is 2.68 bits per heavy atom. The highest BCUT2D eigenvalue weighted by Crippen LogP contribution is 2.43. The van der Waals surface area contributed by atoms with Gasteiger partial charge in [-0.2, -0.15) is 10.5 Å². The van der Waals surface area contributed by atoms with Gasteiger partial charge in [-0.25, -0.2) is 9.98 Å². The first-order valence-corrected chi connectivity index (χ1v) is 9.44. The number of pyridine rings is 1. The zero-order valence-corrected chi connectivity index (χ0v) is 17.0. The van der Waals surface area contributed by atoms with E-state index in [9.17, 15) is 15.3 Å². The predicted octanol–water partition coefficient (Wildman–Crippen LogP) is -0.164. The first kappa shape index (κ1) is 21.7. The van der Waals surface area contributed by atoms with Gasteiger partial charge in [-0.15, -0.1) is 0 Å². The van der Waals surface area contributed by atoms with Crippen molar-refractivity contribution in [3.63, 3.8) is 0 Å². The highest BCUT2D eigenvalue weighted by atomic mass is 16.5. The molecule has 8 N–H and O–H groups in total. The first-order chi connectivity index (χ1) is 14.8. The number of aliphatic imine (C=N–C) groups is 1. The number of aryl methyl sites for hydroxylation is 1. The third kappa shape index (κ3) is 4.03. The van der Waals surface area contributed by atoms with Crippen molar-refractivity contribution in [1.29, 1.82) is 10.5 Å². The van der Waals surface area contributed by atoms with E-state index in [2.05, 4.69) is 20.6 Å². The van der Waals surface area contributed by atoms with Crippen LogP contribution >= 0.6 is 0 Å². The average molecular weight is 420 g/mol. The summed E-state index contributed by atoms with van der Waals surface area (Å²) in [4.78, 5) is 8.74. The normalized spacial score (nSPS) is 14.4. The number of nitrogens with zero attached hydrogens (tertiary/aromatic N) is 4. The lowest BCUT2D eigenvalue weighted by Crippen LogP contribution is -2.35. The van der Waals surface area contributed by atoms with Crippen LogP contribution in [-0.4, -0.2) is 34.7 Å². The molecule has 0 saturated carbocycles. The molecule has 0 aliphatic carbocycles. The molecule has 0 amide bonds. The molecule has 0 bridgehead atoms. The number of rotatable bonds is 5. The Hall–Kier alpha value is -4.00. The Labute approximate surface area is 179 Å². The van der Waals surface area contributed by atoms with Crippen LogP contribution in [0.3, 0.4) is 0 Å². The smallest absolute Gasteiger partial charge is 0.492 e. The average Bonchev–Trinajstić information content (AvgIpc) is 2.72. The van der Waals surface area contributed by atoms with E-state index in [1.165, 1.54) is 0 Å². The van der Waals surface area contributed by atoms with Gasteiger partial charge in [0.25, 0.3) is 0 Å². The lowest BCUT2D eigenvalue weighted by Gasteiger charge is -2.28. The van der Waals surface area contributed by atoms with Crippen LogP contribution in [0.1, 0.15) is 41.6 Å². The van der Waals surface area contributed by atoms with Gasteiger partial charge in [-0.3, -0.25) is 5.32 Å². The molecule has 1 aromatic carbocycles. The molecule has 1 unspecified atom stereocenters. The fraction of sp³-hybridized carbons (Fsp3) is 0.263. The second-order valence-electron chi connectivity index (χ2n) is 6.90. The number of anilines is 3. The number of nitrogen functional groups attached to an aromatic ring is 2. The van der Waals surface area contributed by atoms with Crippen LogP contribution in [0.5, 0.6) is 5.75 Å². The minimum atomic E-state index is -1.79. The van der Waals surface area contributed by atoms with Crippen molar-refractivity contribution in [3.8, 4) is 18.0 Å². The van der Waals surface area contributed by atoms with Crippen LogP contribution in [0.25, 0.3) is 0 Å². The number of fused-ring (bicyclic) bond motifs is 1. The van der Waals surface area contributed by atoms with E-state index in [1.54, 1.807) is 25.2 Å². The summed E-state index contributed by atoms with van der Waals surface area (Å²) in [6, 6.07) is 4.45. The Balaban J connectivity index is 2.34. The number of benzene rings is 1. The van der Waals surface area contributed by atoms with Crippen LogP contribution in [0.15, 0.2) is 17.1 Å². The Kier molecular flexibility index (Phi) is 6.16. The molecule has 12 heteroatoms. The number of hydrogen-bond acceptors (Lipinski definition) is 11. The lowest BCUT2D eigenvalue weighted by atomic mass is 9.76. The molecule has 158 valence electrons. The summed E-state index contributed by atoms with van der Waals surface area (Å²) >= 11 is 0. The van der Waals surface area contributed by atoms with E-state index in [4.69, 9.17) is 21.5 Å². The van der Waals surface area contributed by atoms with Crippen molar-refractivity contribution in [2.45, 2.75) is 26.3 Å². The molecule has 1 aliphatic rings. The van der Waals surface area contributed by atoms with Crippen LogP contribution in [0.2, 0.25) is 0 Å². The molecule has 0 spiro atoms. The Morgan fingerprint density at radius 1 is 1.32 bits per heavy atom. The summed E-state index contributed by atoms with van der Waals surface area (Å²) in [5, 5.41) is 43.7. The summed E-state index contributed by atoms with van der Waals surface area (Å²) < 4.78 is 5.87. The highest BCUT2D eigenvalue weighted by Gasteiger charge is 2.33. The summed E-state index contributed by atoms with van der Waals surface area (Å²) in [6.07, 6.45) is 2.47. The molecule has 31 heavy (non-hydrogen) atoms. The van der Waals surface area contributed by atoms with Gasteiger partial charge in [-0.1, -0.05) is 18.6 Å². The molecule has 1 aromatic heterocycles. The van der Waals surface area contributed by atoms with Crippen molar-refractivity contribution >= 4 is 35.9 Å². The maximum absolute atomic E-state index is 9.93. The second-order valence-corrected chi connectivity index (χ2v) is 6.90. The quantitative estimate of drug-likeness (QED) is 0.214. The lowest BCUT2D eigenvalue weighted by molar-refractivity contribution is 0.313. The van der Waals surface area contributed by atoms with Crippen molar-refractivity contribution in [2.24, 2.45) is 4.99 Å². The number of hydrogen-bond donors (Lipinski definition) is 6. The summed E-state index contributed by atoms with van der Waals surface area (Å²) in [6.45, 7) is 4.02. The standard InChI is InChI=1S/C19H21BN8O3/c1-3-4-31-16-10(5-9(2)6-12(16)20(29)30)15-13-14(23)11(7-21)17(24)27-18(13)28-19(26-15)25-8-22/h5-6,15,29-30H,3-4H2,1-2H3,(H6,23,24,25,26,27,28). The number of ether oxygens (including phenoxy) is 1. The molecular weight excluding hydrogens is 399 g/mol. The van der Waals surface area contributed by atoms with E-state index >= 15 is 0 Å². The predicted molar refractivity (Wildman–Crippen MR) is 116 cm³/mol. The minimum absolute atomic E-state index is 0.00328. The maximum atomic E-state index is 9.93. The number of nitriles is 2. The van der Waals surface area contributed by atoms with E-state index in [-0.39, 0.29) is 40.1 Å². The van der Waals surface area contributed by atoms with Gasteiger partial charge in [-0.05, 0) is 19.4 Å². The largest absolute Gasteiger partial charge is 0.494 e. The van der Waals surface area contributed by atoms with Crippen LogP contribution < -0.4 is 32.3 Å². The molecule has 0 saturated heterocycles. The maximum Gasteiger partial charge on any atom is 0.492 e. The van der Waals surface area contributed by atoms with Gasteiger partial charge in [0.05, 0.1) is 12.3 Å². The topological polar surface area (TPSA) is 199 Å². The molecule has 11 nitrogen and oxygen atoms in total. The third-order valence-electron chi connectivity index (χ3n) is 4.67. The van der Waals surface area contributed by atoms with Crippen molar-refractivity contribution in [2.75, 3.05) is 23.4 Å². The van der Waals surface area contributed by atoms with Crippen molar-refractivity contribution in [3.05, 3.63) is 34.4 Å². The van der Waals surface area contributed by atoms with Gasteiger partial charge in [0.15, 0.2) is 6.19 Å². The van der Waals surface area contributed by atoms with Gasteiger partial charge in [0.2, 0.25) is 5.96 Å². The fourth-order valence-corrected chi connectivity index (χ4v) is 3.40. The van der Waals surface area contributed by atoms with Crippen LogP contribution in [-0.2, 0) is 0 Å². The zero-order chi connectivity index (χ0) is 22.7. The van der Waals surface area contributed by atoms with E-state index in [0.29, 0.717) is 24.2 Å². The summed E-state index contributed by atoms with van der Waals surface area (Å²) in [7, 11) is -1.79. The molecule has 1 aliphatic heterocycles. The van der Waals surface area contributed by atoms with E-state index < -0.39 is 13.2 Å². The molecule has 3 rings (SSSR count). The van der Waals surface area contributed by atoms with E-state index in [1.807, 2.05) is 13.0 Å². The van der Waals surface area contributed by atoms with Crippen LogP contribution in [0, 0.1) is 29.7 Å². The molecule has 2 aromatic rings. The van der Waals surface area contributed by atoms with Gasteiger partial charge < -0.3 is 31.6 Å². The number of nitrogens with one attached hydrogen (secondary N) is 2. The monoisotopic (exact) mass is 420 g/mol. The molecule has 0 radical (unpaired) electrons. The van der Waals surface area contributed by atoms with Crippen molar-refractivity contribution < 1.29 is 14.8 Å². The van der Waals surface area contributed by atoms with Crippen LogP contribution in [0.4, 0.5) is 17.3 Å². The molecule has 2 heterocycles. The number of aromatic nitrogens is 1. The van der Waals surface area contributed by atoms with Crippen molar-refractivity contribution in [1.82, 2.24) is 10.3 Å². The highest BCUT2D eigenvalue weighted by molar-refractivity contribution is 6.59. The van der Waals surface area contributed by atoms with Gasteiger partial charge >= 0.3 is 7.12 Å². The minimum Gasteiger partial charge on any atom is -0.494 e. The Morgan fingerprint density at radius 2 is 2.06 bits per heavy atom. The number of nitrogens with two attached hydrogens (primary N) is 2. The molecular formula is C19H21BN8O3. The van der Waals surface area contributed by atoms with E-state index in [0.717, 1.165) is 5.56 Å². The second kappa shape index (κ2) is 8.79. The SMILES string of the molecule is CCCOc1c(B(O)O)cc(C)cc1C1N=C(NC#N)Nc2nc(N)c(C#N)c(N)c21. The first-order valence-electron chi connectivity index (χ1n) is 9.44. The number of guanidine groups is 1. The fourth-order valence-electron chi connectivity index (χ4n) is 3.40. The summed E-state index contributed by atoms with van der Waals surface area (Å²) in [5.74, 6) is 0.474. The third-order valence-corrected chi connectivity index (χ3v) is 4.67. The van der Waals surface area contributed by atoms with Gasteiger partial charge in [0, 0.05) is 16.6 Å². The Bertz CT molecular complexity index is 1140. The summed E-state index contributed by atoms with van der Waals surface area (Å²) in [5.41, 5.74) is 13.9. The van der Waals surface area contributed by atoms with Gasteiger partial charge in [0.1, 0.15) is 35.1 Å². The molecule has 0 fully saturated rings.